The van der Waals surface area contributed by atoms with Gasteiger partial charge in [0.2, 0.25) is 0 Å². The Morgan fingerprint density at radius 3 is 2.31 bits per heavy atom. The standard InChI is InChI=1S/C13H23BrO2/c1-3-12(15)10-13(16)11(2)8-6-4-5-7-9-14/h11H,3-10H2,1-2H3. The Morgan fingerprint density at radius 1 is 1.12 bits per heavy atom. The molecule has 0 spiro atoms. The monoisotopic (exact) mass is 290 g/mol. The van der Waals surface area contributed by atoms with Gasteiger partial charge in [-0.25, -0.2) is 0 Å². The molecular formula is C13H23BrO2. The van der Waals surface area contributed by atoms with Gasteiger partial charge < -0.3 is 0 Å². The van der Waals surface area contributed by atoms with E-state index in [1.165, 1.54) is 19.3 Å². The number of carbonyl (C=O) groups excluding carboxylic acids is 2. The predicted molar refractivity (Wildman–Crippen MR) is 71.0 cm³/mol. The maximum absolute atomic E-state index is 11.6. The van der Waals surface area contributed by atoms with E-state index in [-0.39, 0.29) is 23.9 Å². The number of hydrogen-bond acceptors (Lipinski definition) is 2. The number of Topliss-reactive ketones (excluding diaryl/α,β-unsaturated/α-hetero) is 2. The summed E-state index contributed by atoms with van der Waals surface area (Å²) in [6, 6.07) is 0. The molecule has 0 saturated carbocycles. The van der Waals surface area contributed by atoms with Crippen molar-refractivity contribution in [2.75, 3.05) is 5.33 Å². The van der Waals surface area contributed by atoms with Crippen molar-refractivity contribution in [3.63, 3.8) is 0 Å². The highest BCUT2D eigenvalue weighted by Crippen LogP contribution is 2.13. The van der Waals surface area contributed by atoms with Gasteiger partial charge in [0.1, 0.15) is 11.6 Å². The van der Waals surface area contributed by atoms with Gasteiger partial charge in [-0.2, -0.15) is 0 Å². The van der Waals surface area contributed by atoms with Gasteiger partial charge in [0.05, 0.1) is 6.42 Å². The molecule has 0 bridgehead atoms. The second-order valence-corrected chi connectivity index (χ2v) is 5.12. The van der Waals surface area contributed by atoms with Crippen LogP contribution in [-0.4, -0.2) is 16.9 Å². The van der Waals surface area contributed by atoms with Gasteiger partial charge in [0, 0.05) is 17.7 Å². The molecule has 0 aliphatic rings. The van der Waals surface area contributed by atoms with Crippen LogP contribution in [0.25, 0.3) is 0 Å². The van der Waals surface area contributed by atoms with Crippen molar-refractivity contribution >= 4 is 27.5 Å². The van der Waals surface area contributed by atoms with Crippen molar-refractivity contribution in [1.29, 1.82) is 0 Å². The van der Waals surface area contributed by atoms with Crippen molar-refractivity contribution in [1.82, 2.24) is 0 Å². The Bertz CT molecular complexity index is 214. The van der Waals surface area contributed by atoms with Crippen LogP contribution in [-0.2, 0) is 9.59 Å². The lowest BCUT2D eigenvalue weighted by Gasteiger charge is -2.09. The Morgan fingerprint density at radius 2 is 1.75 bits per heavy atom. The highest BCUT2D eigenvalue weighted by molar-refractivity contribution is 9.09. The first-order valence-electron chi connectivity index (χ1n) is 6.22. The van der Waals surface area contributed by atoms with Crippen molar-refractivity contribution in [3.05, 3.63) is 0 Å². The molecule has 0 N–H and O–H groups in total. The number of alkyl halides is 1. The lowest BCUT2D eigenvalue weighted by molar-refractivity contribution is -0.129. The minimum Gasteiger partial charge on any atom is -0.299 e. The zero-order chi connectivity index (χ0) is 12.4. The molecule has 0 rings (SSSR count). The first-order valence-corrected chi connectivity index (χ1v) is 7.34. The molecule has 0 radical (unpaired) electrons. The molecule has 0 amide bonds. The SMILES string of the molecule is CCC(=O)CC(=O)C(C)CCCCCCBr. The molecule has 0 heterocycles. The van der Waals surface area contributed by atoms with Crippen LogP contribution in [0.2, 0.25) is 0 Å². The summed E-state index contributed by atoms with van der Waals surface area (Å²) in [6.45, 7) is 3.75. The lowest BCUT2D eigenvalue weighted by atomic mass is 9.95. The fraction of sp³-hybridized carbons (Fsp3) is 0.846. The molecule has 2 nitrogen and oxygen atoms in total. The minimum atomic E-state index is 0.0551. The summed E-state index contributed by atoms with van der Waals surface area (Å²) in [4.78, 5) is 22.7. The van der Waals surface area contributed by atoms with Crippen LogP contribution in [0, 0.1) is 5.92 Å². The summed E-state index contributed by atoms with van der Waals surface area (Å²) in [5.74, 6) is 0.239. The summed E-state index contributed by atoms with van der Waals surface area (Å²) < 4.78 is 0. The Hall–Kier alpha value is -0.180. The van der Waals surface area contributed by atoms with Crippen molar-refractivity contribution in [3.8, 4) is 0 Å². The zero-order valence-corrected chi connectivity index (χ0v) is 12.0. The third-order valence-corrected chi connectivity index (χ3v) is 3.40. The smallest absolute Gasteiger partial charge is 0.143 e. The fourth-order valence-corrected chi connectivity index (χ4v) is 1.95. The number of carbonyl (C=O) groups is 2. The largest absolute Gasteiger partial charge is 0.299 e. The van der Waals surface area contributed by atoms with Crippen molar-refractivity contribution in [2.45, 2.75) is 58.8 Å². The van der Waals surface area contributed by atoms with E-state index >= 15 is 0 Å². The molecule has 0 aromatic rings. The lowest BCUT2D eigenvalue weighted by Crippen LogP contribution is -2.15. The average molecular weight is 291 g/mol. The minimum absolute atomic E-state index is 0.0551. The first kappa shape index (κ1) is 15.8. The third-order valence-electron chi connectivity index (χ3n) is 2.84. The Labute approximate surface area is 107 Å². The van der Waals surface area contributed by atoms with E-state index in [9.17, 15) is 9.59 Å². The molecule has 16 heavy (non-hydrogen) atoms. The van der Waals surface area contributed by atoms with E-state index in [4.69, 9.17) is 0 Å². The molecule has 3 heteroatoms. The molecule has 0 aromatic carbocycles. The summed E-state index contributed by atoms with van der Waals surface area (Å²) in [7, 11) is 0. The molecule has 0 aliphatic heterocycles. The van der Waals surface area contributed by atoms with Crippen LogP contribution in [0.3, 0.4) is 0 Å². The number of hydrogen-bond donors (Lipinski definition) is 0. The van der Waals surface area contributed by atoms with Crippen molar-refractivity contribution < 1.29 is 9.59 Å². The van der Waals surface area contributed by atoms with E-state index in [1.54, 1.807) is 6.92 Å². The van der Waals surface area contributed by atoms with Gasteiger partial charge in [0.25, 0.3) is 0 Å². The van der Waals surface area contributed by atoms with E-state index in [2.05, 4.69) is 15.9 Å². The Balaban J connectivity index is 3.59. The number of ketones is 2. The summed E-state index contributed by atoms with van der Waals surface area (Å²) >= 11 is 3.40. The summed E-state index contributed by atoms with van der Waals surface area (Å²) in [5, 5.41) is 1.06. The molecule has 1 atom stereocenters. The van der Waals surface area contributed by atoms with Crippen LogP contribution in [0.1, 0.15) is 58.8 Å². The summed E-state index contributed by atoms with van der Waals surface area (Å²) in [5.41, 5.74) is 0. The van der Waals surface area contributed by atoms with Gasteiger partial charge in [-0.15, -0.1) is 0 Å². The van der Waals surface area contributed by atoms with E-state index in [0.29, 0.717) is 6.42 Å². The average Bonchev–Trinajstić information content (AvgIpc) is 2.28. The number of halogens is 1. The molecule has 0 saturated heterocycles. The molecule has 0 fully saturated rings. The molecule has 0 aromatic heterocycles. The predicted octanol–water partition coefficient (Wildman–Crippen LogP) is 3.91. The third kappa shape index (κ3) is 8.03. The fourth-order valence-electron chi connectivity index (χ4n) is 1.55. The molecule has 94 valence electrons. The number of rotatable bonds is 10. The van der Waals surface area contributed by atoms with E-state index in [1.807, 2.05) is 6.92 Å². The molecule has 1 unspecified atom stereocenters. The van der Waals surface area contributed by atoms with Crippen molar-refractivity contribution in [2.24, 2.45) is 5.92 Å². The topological polar surface area (TPSA) is 34.1 Å². The maximum atomic E-state index is 11.6. The van der Waals surface area contributed by atoms with Crippen LogP contribution in [0.15, 0.2) is 0 Å². The van der Waals surface area contributed by atoms with Crippen LogP contribution in [0.4, 0.5) is 0 Å². The quantitative estimate of drug-likeness (QED) is 0.347. The van der Waals surface area contributed by atoms with Crippen LogP contribution < -0.4 is 0 Å². The van der Waals surface area contributed by atoms with Gasteiger partial charge in [0.15, 0.2) is 0 Å². The second kappa shape index (κ2) is 10.0. The normalized spacial score (nSPS) is 12.4. The maximum Gasteiger partial charge on any atom is 0.143 e. The molecular weight excluding hydrogens is 268 g/mol. The van der Waals surface area contributed by atoms with Gasteiger partial charge in [-0.1, -0.05) is 49.0 Å². The number of unbranched alkanes of at least 4 members (excludes halogenated alkanes) is 3. The molecule has 0 aliphatic carbocycles. The van der Waals surface area contributed by atoms with Gasteiger partial charge >= 0.3 is 0 Å². The van der Waals surface area contributed by atoms with E-state index in [0.717, 1.165) is 18.2 Å². The van der Waals surface area contributed by atoms with Gasteiger partial charge in [-0.3, -0.25) is 9.59 Å². The van der Waals surface area contributed by atoms with Crippen LogP contribution >= 0.6 is 15.9 Å². The van der Waals surface area contributed by atoms with Gasteiger partial charge in [-0.05, 0) is 12.8 Å². The van der Waals surface area contributed by atoms with E-state index < -0.39 is 0 Å². The summed E-state index contributed by atoms with van der Waals surface area (Å²) in [6.07, 6.45) is 6.25. The second-order valence-electron chi connectivity index (χ2n) is 4.33. The Kier molecular flexibility index (Phi) is 9.89. The first-order chi connectivity index (χ1) is 7.61. The zero-order valence-electron chi connectivity index (χ0n) is 10.4. The highest BCUT2D eigenvalue weighted by Gasteiger charge is 2.15. The van der Waals surface area contributed by atoms with Crippen LogP contribution in [0.5, 0.6) is 0 Å². The highest BCUT2D eigenvalue weighted by atomic mass is 79.9.